The molecule has 0 saturated carbocycles. The van der Waals surface area contributed by atoms with Gasteiger partial charge < -0.3 is 0 Å². The minimum absolute atomic E-state index is 0.987. The highest BCUT2D eigenvalue weighted by Crippen LogP contribution is 2.25. The average molecular weight is 393 g/mol. The van der Waals surface area contributed by atoms with E-state index >= 15 is 0 Å². The zero-order valence-corrected chi connectivity index (χ0v) is 17.6. The summed E-state index contributed by atoms with van der Waals surface area (Å²) in [6.45, 7) is 2.01. The van der Waals surface area contributed by atoms with Gasteiger partial charge in [0.1, 0.15) is 0 Å². The van der Waals surface area contributed by atoms with Gasteiger partial charge in [-0.2, -0.15) is 0 Å². The lowest BCUT2D eigenvalue weighted by atomic mass is 10.00. The van der Waals surface area contributed by atoms with Crippen LogP contribution in [0.3, 0.4) is 0 Å². The van der Waals surface area contributed by atoms with Gasteiger partial charge in [0.25, 0.3) is 0 Å². The Hall–Kier alpha value is -3.26. The van der Waals surface area contributed by atoms with Crippen LogP contribution in [-0.2, 0) is 12.8 Å². The molecule has 0 aliphatic carbocycles. The van der Waals surface area contributed by atoms with Crippen LogP contribution in [0.5, 0.6) is 0 Å². The molecule has 30 heavy (non-hydrogen) atoms. The second-order valence-corrected chi connectivity index (χ2v) is 7.86. The van der Waals surface area contributed by atoms with E-state index < -0.39 is 0 Å². The third-order valence-electron chi connectivity index (χ3n) is 5.51. The third-order valence-corrected chi connectivity index (χ3v) is 5.51. The predicted molar refractivity (Wildman–Crippen MR) is 125 cm³/mol. The molecule has 0 spiro atoms. The van der Waals surface area contributed by atoms with Crippen molar-refractivity contribution in [2.75, 3.05) is 0 Å². The van der Waals surface area contributed by atoms with Gasteiger partial charge in [-0.1, -0.05) is 61.0 Å². The van der Waals surface area contributed by atoms with Crippen molar-refractivity contribution in [3.63, 3.8) is 0 Å². The highest BCUT2D eigenvalue weighted by Gasteiger charge is 2.04. The zero-order chi connectivity index (χ0) is 20.6. The van der Waals surface area contributed by atoms with Gasteiger partial charge in [-0.05, 0) is 79.1 Å². The molecule has 0 atom stereocenters. The number of aryl methyl sites for hydroxylation is 3. The molecule has 0 N–H and O–H groups in total. The Labute approximate surface area is 179 Å². The Morgan fingerprint density at radius 1 is 0.567 bits per heavy atom. The van der Waals surface area contributed by atoms with E-state index in [2.05, 4.69) is 82.8 Å². The van der Waals surface area contributed by atoms with E-state index in [0.717, 1.165) is 23.4 Å². The molecular formula is C28H28N2. The van der Waals surface area contributed by atoms with Crippen LogP contribution in [0.15, 0.2) is 91.3 Å². The van der Waals surface area contributed by atoms with Crippen molar-refractivity contribution >= 4 is 0 Å². The predicted octanol–water partition coefficient (Wildman–Crippen LogP) is 7.07. The fraction of sp³-hybridized carbons (Fsp3) is 0.214. The molecule has 2 heteroatoms. The summed E-state index contributed by atoms with van der Waals surface area (Å²) in [5.41, 5.74) is 8.39. The van der Waals surface area contributed by atoms with Gasteiger partial charge in [-0.25, -0.2) is 0 Å². The van der Waals surface area contributed by atoms with Crippen molar-refractivity contribution in [1.82, 2.24) is 9.97 Å². The first-order valence-electron chi connectivity index (χ1n) is 10.8. The molecule has 2 nitrogen and oxygen atoms in total. The smallest absolute Gasteiger partial charge is 0.0709 e. The fourth-order valence-corrected chi connectivity index (χ4v) is 3.82. The van der Waals surface area contributed by atoms with Gasteiger partial charge in [0.2, 0.25) is 0 Å². The summed E-state index contributed by atoms with van der Waals surface area (Å²) in [5, 5.41) is 0. The first-order valence-corrected chi connectivity index (χ1v) is 10.8. The number of nitrogens with zero attached hydrogens (tertiary/aromatic N) is 2. The van der Waals surface area contributed by atoms with Crippen LogP contribution in [0.1, 0.15) is 36.1 Å². The molecule has 0 saturated heterocycles. The Morgan fingerprint density at radius 2 is 1.23 bits per heavy atom. The van der Waals surface area contributed by atoms with Crippen LogP contribution in [-0.4, -0.2) is 9.97 Å². The largest absolute Gasteiger partial charge is 0.262 e. The van der Waals surface area contributed by atoms with Gasteiger partial charge in [0.05, 0.1) is 5.69 Å². The highest BCUT2D eigenvalue weighted by molar-refractivity contribution is 5.70. The maximum absolute atomic E-state index is 4.55. The van der Waals surface area contributed by atoms with Crippen molar-refractivity contribution in [1.29, 1.82) is 0 Å². The topological polar surface area (TPSA) is 25.8 Å². The molecule has 0 amide bonds. The van der Waals surface area contributed by atoms with Crippen LogP contribution in [0, 0.1) is 6.92 Å². The third kappa shape index (κ3) is 5.42. The zero-order valence-electron chi connectivity index (χ0n) is 17.6. The van der Waals surface area contributed by atoms with Gasteiger partial charge in [0, 0.05) is 23.7 Å². The van der Waals surface area contributed by atoms with E-state index in [1.165, 1.54) is 47.9 Å². The van der Waals surface area contributed by atoms with E-state index in [9.17, 15) is 0 Å². The molecule has 2 aromatic heterocycles. The van der Waals surface area contributed by atoms with E-state index in [1.54, 1.807) is 0 Å². The standard InChI is InChI=1S/C28H28N2/c1-22-20-27(17-18-29-22)28-21-26(16-19-30-28)25-14-12-24(13-15-25)11-7-3-6-10-23-8-4-2-5-9-23/h2,4-5,8-9,12-21H,3,6-7,10-11H2,1H3. The van der Waals surface area contributed by atoms with Crippen molar-refractivity contribution in [2.24, 2.45) is 0 Å². The number of unbranched alkanes of at least 4 members (excludes halogenated alkanes) is 2. The molecule has 0 fully saturated rings. The fourth-order valence-electron chi connectivity index (χ4n) is 3.82. The lowest BCUT2D eigenvalue weighted by Crippen LogP contribution is -1.90. The summed E-state index contributed by atoms with van der Waals surface area (Å²) in [7, 11) is 0. The Bertz CT molecular complexity index is 1070. The highest BCUT2D eigenvalue weighted by atomic mass is 14.7. The molecule has 0 unspecified atom stereocenters. The van der Waals surface area contributed by atoms with Gasteiger partial charge in [0.15, 0.2) is 0 Å². The van der Waals surface area contributed by atoms with Crippen LogP contribution in [0.25, 0.3) is 22.4 Å². The van der Waals surface area contributed by atoms with Gasteiger partial charge in [-0.15, -0.1) is 0 Å². The van der Waals surface area contributed by atoms with E-state index in [-0.39, 0.29) is 0 Å². The van der Waals surface area contributed by atoms with E-state index in [0.29, 0.717) is 0 Å². The van der Waals surface area contributed by atoms with Crippen LogP contribution in [0.4, 0.5) is 0 Å². The summed E-state index contributed by atoms with van der Waals surface area (Å²) in [5.74, 6) is 0. The maximum atomic E-state index is 4.55. The molecule has 150 valence electrons. The summed E-state index contributed by atoms with van der Waals surface area (Å²) in [6.07, 6.45) is 9.84. The number of rotatable bonds is 8. The lowest BCUT2D eigenvalue weighted by molar-refractivity contribution is 0.678. The monoisotopic (exact) mass is 392 g/mol. The molecule has 0 aliphatic rings. The summed E-state index contributed by atoms with van der Waals surface area (Å²) < 4.78 is 0. The van der Waals surface area contributed by atoms with Crippen molar-refractivity contribution < 1.29 is 0 Å². The molecule has 4 rings (SSSR count). The molecular weight excluding hydrogens is 364 g/mol. The summed E-state index contributed by atoms with van der Waals surface area (Å²) >= 11 is 0. The lowest BCUT2D eigenvalue weighted by Gasteiger charge is -2.07. The molecule has 4 aromatic rings. The number of aromatic nitrogens is 2. The Morgan fingerprint density at radius 3 is 1.97 bits per heavy atom. The molecule has 2 aromatic carbocycles. The first-order chi connectivity index (χ1) is 14.8. The average Bonchev–Trinajstić information content (AvgIpc) is 2.80. The Balaban J connectivity index is 1.33. The van der Waals surface area contributed by atoms with Crippen molar-refractivity contribution in [2.45, 2.75) is 39.0 Å². The summed E-state index contributed by atoms with van der Waals surface area (Å²) in [6, 6.07) is 28.1. The number of pyridine rings is 2. The normalized spacial score (nSPS) is 10.8. The quantitative estimate of drug-likeness (QED) is 0.300. The van der Waals surface area contributed by atoms with Crippen LogP contribution >= 0.6 is 0 Å². The van der Waals surface area contributed by atoms with Gasteiger partial charge in [-0.3, -0.25) is 9.97 Å². The molecule has 0 bridgehead atoms. The number of benzene rings is 2. The second kappa shape index (κ2) is 9.98. The SMILES string of the molecule is Cc1cc(-c2cc(-c3ccc(CCCCCc4ccccc4)cc3)ccn2)ccn1. The van der Waals surface area contributed by atoms with E-state index in [1.807, 2.05) is 25.4 Å². The first kappa shape index (κ1) is 20.0. The van der Waals surface area contributed by atoms with Crippen molar-refractivity contribution in [3.05, 3.63) is 108 Å². The van der Waals surface area contributed by atoms with Crippen molar-refractivity contribution in [3.8, 4) is 22.4 Å². The second-order valence-electron chi connectivity index (χ2n) is 7.86. The maximum Gasteiger partial charge on any atom is 0.0709 e. The minimum atomic E-state index is 0.987. The summed E-state index contributed by atoms with van der Waals surface area (Å²) in [4.78, 5) is 8.83. The number of hydrogen-bond donors (Lipinski definition) is 0. The minimum Gasteiger partial charge on any atom is -0.262 e. The van der Waals surface area contributed by atoms with Crippen LogP contribution < -0.4 is 0 Å². The number of hydrogen-bond acceptors (Lipinski definition) is 2. The van der Waals surface area contributed by atoms with Crippen LogP contribution in [0.2, 0.25) is 0 Å². The molecule has 2 heterocycles. The molecule has 0 radical (unpaired) electrons. The van der Waals surface area contributed by atoms with E-state index in [4.69, 9.17) is 0 Å². The van der Waals surface area contributed by atoms with Gasteiger partial charge >= 0.3 is 0 Å². The Kier molecular flexibility index (Phi) is 6.66. The molecule has 0 aliphatic heterocycles.